The lowest BCUT2D eigenvalue weighted by atomic mass is 10.1. The van der Waals surface area contributed by atoms with Crippen LogP contribution in [0.1, 0.15) is 18.6 Å². The molecule has 0 aliphatic rings. The summed E-state index contributed by atoms with van der Waals surface area (Å²) in [6.07, 6.45) is 1.79. The molecule has 0 saturated carbocycles. The molecule has 58 valence electrons. The van der Waals surface area contributed by atoms with Crippen molar-refractivity contribution in [1.82, 2.24) is 0 Å². The minimum Gasteiger partial charge on any atom is -0.469 e. The molecule has 0 aliphatic heterocycles. The van der Waals surface area contributed by atoms with E-state index in [0.717, 1.165) is 0 Å². The first-order valence-electron chi connectivity index (χ1n) is 3.28. The number of Topliss-reactive ketones (excluding diaryl/α,β-unsaturated/α-hetero) is 1. The lowest BCUT2D eigenvalue weighted by molar-refractivity contribution is -0.130. The van der Waals surface area contributed by atoms with Crippen LogP contribution in [-0.2, 0) is 9.59 Å². The van der Waals surface area contributed by atoms with E-state index >= 15 is 0 Å². The number of furan rings is 1. The molecule has 0 amide bonds. The van der Waals surface area contributed by atoms with Crippen LogP contribution in [0.5, 0.6) is 0 Å². The first-order valence-corrected chi connectivity index (χ1v) is 3.28. The van der Waals surface area contributed by atoms with Gasteiger partial charge < -0.3 is 4.42 Å². The maximum atomic E-state index is 10.8. The summed E-state index contributed by atoms with van der Waals surface area (Å²) in [5.41, 5.74) is 0. The van der Waals surface area contributed by atoms with Gasteiger partial charge in [0.25, 0.3) is 0 Å². The monoisotopic (exact) mass is 152 g/mol. The second-order valence-electron chi connectivity index (χ2n) is 2.26. The normalized spacial score (nSPS) is 12.5. The van der Waals surface area contributed by atoms with Crippen molar-refractivity contribution in [2.45, 2.75) is 12.8 Å². The zero-order valence-electron chi connectivity index (χ0n) is 6.11. The van der Waals surface area contributed by atoms with E-state index < -0.39 is 11.7 Å². The molecule has 0 radical (unpaired) electrons. The van der Waals surface area contributed by atoms with Crippen molar-refractivity contribution in [3.05, 3.63) is 24.2 Å². The smallest absolute Gasteiger partial charge is 0.205 e. The van der Waals surface area contributed by atoms with E-state index in [1.807, 2.05) is 0 Å². The fourth-order valence-electron chi connectivity index (χ4n) is 0.780. The Labute approximate surface area is 64.0 Å². The minimum absolute atomic E-state index is 0.313. The number of ketones is 1. The summed E-state index contributed by atoms with van der Waals surface area (Å²) in [5, 5.41) is 0. The summed E-state index contributed by atoms with van der Waals surface area (Å²) in [4.78, 5) is 20.8. The number of hydrogen-bond donors (Lipinski definition) is 0. The molecule has 0 bridgehead atoms. The van der Waals surface area contributed by atoms with Crippen LogP contribution in [0.2, 0.25) is 0 Å². The van der Waals surface area contributed by atoms with Crippen LogP contribution in [0, 0.1) is 0 Å². The highest BCUT2D eigenvalue weighted by Gasteiger charge is 2.15. The average molecular weight is 152 g/mol. The van der Waals surface area contributed by atoms with Crippen molar-refractivity contribution < 1.29 is 14.0 Å². The van der Waals surface area contributed by atoms with Gasteiger partial charge in [-0.3, -0.25) is 9.59 Å². The first-order chi connectivity index (χ1) is 5.25. The van der Waals surface area contributed by atoms with E-state index in [2.05, 4.69) is 0 Å². The molecule has 0 unspecified atom stereocenters. The van der Waals surface area contributed by atoms with Gasteiger partial charge in [-0.25, -0.2) is 0 Å². The summed E-state index contributed by atoms with van der Waals surface area (Å²) in [5.74, 6) is -0.385. The Morgan fingerprint density at radius 3 is 2.91 bits per heavy atom. The van der Waals surface area contributed by atoms with Crippen molar-refractivity contribution in [2.24, 2.45) is 0 Å². The summed E-state index contributed by atoms with van der Waals surface area (Å²) in [6.45, 7) is 1.63. The van der Waals surface area contributed by atoms with Crippen LogP contribution in [0.3, 0.4) is 0 Å². The fraction of sp³-hybridized carbons (Fsp3) is 0.250. The van der Waals surface area contributed by atoms with E-state index in [-0.39, 0.29) is 0 Å². The molecule has 0 aromatic carbocycles. The largest absolute Gasteiger partial charge is 0.469 e. The number of hydrogen-bond acceptors (Lipinski definition) is 3. The second kappa shape index (κ2) is 3.14. The molecule has 3 heteroatoms. The molecular weight excluding hydrogens is 144 g/mol. The van der Waals surface area contributed by atoms with Gasteiger partial charge in [0.1, 0.15) is 5.76 Å². The fourth-order valence-corrected chi connectivity index (χ4v) is 0.780. The summed E-state index contributed by atoms with van der Waals surface area (Å²) in [6, 6.07) is 3.36. The third-order valence-electron chi connectivity index (χ3n) is 1.51. The van der Waals surface area contributed by atoms with E-state index in [4.69, 9.17) is 4.42 Å². The van der Waals surface area contributed by atoms with Gasteiger partial charge in [-0.1, -0.05) is 0 Å². The standard InChI is InChI=1S/C8H8O3/c1-6(7(10)5-9)8-3-2-4-11-8/h2-6H,1H3/t6-/m1/s1. The molecular formula is C8H8O3. The van der Waals surface area contributed by atoms with Crippen LogP contribution in [0.25, 0.3) is 0 Å². The summed E-state index contributed by atoms with van der Waals surface area (Å²) in [7, 11) is 0. The van der Waals surface area contributed by atoms with E-state index in [0.29, 0.717) is 12.0 Å². The average Bonchev–Trinajstić information content (AvgIpc) is 2.53. The maximum Gasteiger partial charge on any atom is 0.205 e. The Bertz CT molecular complexity index is 248. The molecule has 1 rings (SSSR count). The topological polar surface area (TPSA) is 47.3 Å². The predicted molar refractivity (Wildman–Crippen MR) is 38.2 cm³/mol. The lowest BCUT2D eigenvalue weighted by Crippen LogP contribution is -2.08. The van der Waals surface area contributed by atoms with Crippen LogP contribution in [-0.4, -0.2) is 12.1 Å². The molecule has 0 aliphatic carbocycles. The van der Waals surface area contributed by atoms with Crippen LogP contribution in [0.4, 0.5) is 0 Å². The van der Waals surface area contributed by atoms with Gasteiger partial charge in [-0.2, -0.15) is 0 Å². The molecule has 0 N–H and O–H groups in total. The van der Waals surface area contributed by atoms with Gasteiger partial charge in [0.05, 0.1) is 12.2 Å². The molecule has 0 saturated heterocycles. The number of carbonyl (C=O) groups is 2. The van der Waals surface area contributed by atoms with Gasteiger partial charge in [-0.15, -0.1) is 0 Å². The Morgan fingerprint density at radius 1 is 1.73 bits per heavy atom. The highest BCUT2D eigenvalue weighted by Crippen LogP contribution is 2.14. The van der Waals surface area contributed by atoms with Gasteiger partial charge in [0.15, 0.2) is 6.29 Å². The molecule has 0 spiro atoms. The molecule has 1 aromatic rings. The Hall–Kier alpha value is -1.38. The SMILES string of the molecule is C[C@H](C(=O)C=O)c1ccco1. The minimum atomic E-state index is -0.458. The van der Waals surface area contributed by atoms with Crippen LogP contribution in [0.15, 0.2) is 22.8 Å². The van der Waals surface area contributed by atoms with Gasteiger partial charge >= 0.3 is 0 Å². The molecule has 1 heterocycles. The van der Waals surface area contributed by atoms with Crippen molar-refractivity contribution in [2.75, 3.05) is 0 Å². The van der Waals surface area contributed by atoms with E-state index in [1.54, 1.807) is 19.1 Å². The predicted octanol–water partition coefficient (Wildman–Crippen LogP) is 1.15. The zero-order valence-corrected chi connectivity index (χ0v) is 6.11. The number of rotatable bonds is 3. The highest BCUT2D eigenvalue weighted by atomic mass is 16.3. The zero-order chi connectivity index (χ0) is 8.27. The van der Waals surface area contributed by atoms with Crippen molar-refractivity contribution >= 4 is 12.1 Å². The third kappa shape index (κ3) is 1.55. The maximum absolute atomic E-state index is 10.8. The quantitative estimate of drug-likeness (QED) is 0.482. The molecule has 3 nitrogen and oxygen atoms in total. The van der Waals surface area contributed by atoms with Gasteiger partial charge in [0, 0.05) is 0 Å². The Balaban J connectivity index is 2.77. The van der Waals surface area contributed by atoms with Crippen molar-refractivity contribution in [1.29, 1.82) is 0 Å². The van der Waals surface area contributed by atoms with Gasteiger partial charge in [-0.05, 0) is 19.1 Å². The number of aldehydes is 1. The molecule has 0 fully saturated rings. The van der Waals surface area contributed by atoms with Gasteiger partial charge in [0.2, 0.25) is 5.78 Å². The van der Waals surface area contributed by atoms with Crippen molar-refractivity contribution in [3.8, 4) is 0 Å². The molecule has 1 atom stereocenters. The lowest BCUT2D eigenvalue weighted by Gasteiger charge is -1.99. The third-order valence-corrected chi connectivity index (χ3v) is 1.51. The summed E-state index contributed by atoms with van der Waals surface area (Å²) < 4.78 is 4.94. The molecule has 1 aromatic heterocycles. The molecule has 11 heavy (non-hydrogen) atoms. The Kier molecular flexibility index (Phi) is 2.21. The van der Waals surface area contributed by atoms with Crippen LogP contribution >= 0.6 is 0 Å². The first kappa shape index (κ1) is 7.72. The summed E-state index contributed by atoms with van der Waals surface area (Å²) >= 11 is 0. The number of carbonyl (C=O) groups excluding carboxylic acids is 2. The van der Waals surface area contributed by atoms with Crippen LogP contribution < -0.4 is 0 Å². The van der Waals surface area contributed by atoms with E-state index in [9.17, 15) is 9.59 Å². The van der Waals surface area contributed by atoms with Crippen molar-refractivity contribution in [3.63, 3.8) is 0 Å². The highest BCUT2D eigenvalue weighted by molar-refractivity contribution is 6.27. The second-order valence-corrected chi connectivity index (χ2v) is 2.26. The Morgan fingerprint density at radius 2 is 2.45 bits per heavy atom. The van der Waals surface area contributed by atoms with E-state index in [1.165, 1.54) is 6.26 Å².